The number of thioether (sulfide) groups is 1. The molecule has 5 aromatic rings. The highest BCUT2D eigenvalue weighted by Crippen LogP contribution is 2.53. The van der Waals surface area contributed by atoms with Crippen molar-refractivity contribution in [2.24, 2.45) is 4.99 Å². The van der Waals surface area contributed by atoms with E-state index < -0.39 is 5.54 Å². The van der Waals surface area contributed by atoms with Crippen molar-refractivity contribution in [3.8, 4) is 0 Å². The molecule has 0 fully saturated rings. The van der Waals surface area contributed by atoms with E-state index in [9.17, 15) is 4.79 Å². The molecule has 0 saturated carbocycles. The van der Waals surface area contributed by atoms with Crippen molar-refractivity contribution in [2.75, 3.05) is 0 Å². The lowest BCUT2D eigenvalue weighted by Crippen LogP contribution is -2.44. The SMILES string of the molecule is O=C1N2C(=NC1(c1ccccc1)c1ccccc1)Sc1ccc3ccccc3c1C2c1ccc(Cl)cc1. The summed E-state index contributed by atoms with van der Waals surface area (Å²) in [6, 6.07) is 40.0. The van der Waals surface area contributed by atoms with Gasteiger partial charge in [-0.25, -0.2) is 4.99 Å². The predicted octanol–water partition coefficient (Wildman–Crippen LogP) is 7.83. The lowest BCUT2D eigenvalue weighted by atomic mass is 9.82. The van der Waals surface area contributed by atoms with E-state index in [1.807, 2.05) is 95.9 Å². The second kappa shape index (κ2) is 8.62. The Labute approximate surface area is 224 Å². The molecular formula is C32H21ClN2OS. The molecule has 2 aliphatic heterocycles. The van der Waals surface area contributed by atoms with Crippen LogP contribution in [0.25, 0.3) is 10.8 Å². The molecule has 2 heterocycles. The van der Waals surface area contributed by atoms with E-state index in [1.165, 1.54) is 0 Å². The Bertz CT molecular complexity index is 1640. The van der Waals surface area contributed by atoms with E-state index in [0.717, 1.165) is 37.9 Å². The van der Waals surface area contributed by atoms with Crippen LogP contribution in [0.5, 0.6) is 0 Å². The van der Waals surface area contributed by atoms with E-state index >= 15 is 0 Å². The van der Waals surface area contributed by atoms with Gasteiger partial charge in [-0.3, -0.25) is 9.69 Å². The van der Waals surface area contributed by atoms with Gasteiger partial charge in [0.2, 0.25) is 0 Å². The number of amides is 1. The van der Waals surface area contributed by atoms with Crippen molar-refractivity contribution in [2.45, 2.75) is 16.5 Å². The van der Waals surface area contributed by atoms with Gasteiger partial charge in [0.05, 0.1) is 6.04 Å². The Balaban J connectivity index is 1.51. The van der Waals surface area contributed by atoms with Gasteiger partial charge in [0, 0.05) is 15.5 Å². The first-order valence-electron chi connectivity index (χ1n) is 12.2. The summed E-state index contributed by atoms with van der Waals surface area (Å²) >= 11 is 7.85. The molecule has 0 aromatic heterocycles. The normalized spacial score (nSPS) is 17.9. The maximum Gasteiger partial charge on any atom is 0.266 e. The summed E-state index contributed by atoms with van der Waals surface area (Å²) in [5.74, 6) is -0.0501. The van der Waals surface area contributed by atoms with Crippen LogP contribution >= 0.6 is 23.4 Å². The minimum atomic E-state index is -1.16. The first-order valence-corrected chi connectivity index (χ1v) is 13.4. The lowest BCUT2D eigenvalue weighted by Gasteiger charge is -2.37. The molecule has 7 rings (SSSR count). The Morgan fingerprint density at radius 3 is 2.03 bits per heavy atom. The number of carbonyl (C=O) groups is 1. The Morgan fingerprint density at radius 2 is 1.35 bits per heavy atom. The zero-order valence-electron chi connectivity index (χ0n) is 19.7. The molecule has 1 amide bonds. The van der Waals surface area contributed by atoms with Gasteiger partial charge in [-0.1, -0.05) is 126 Å². The van der Waals surface area contributed by atoms with E-state index in [4.69, 9.17) is 16.6 Å². The largest absolute Gasteiger partial charge is 0.277 e. The number of halogens is 1. The number of aliphatic imine (C=N–C) groups is 1. The second-order valence-corrected chi connectivity index (χ2v) is 10.7. The fraction of sp³-hybridized carbons (Fsp3) is 0.0625. The average molecular weight is 517 g/mol. The van der Waals surface area contributed by atoms with Gasteiger partial charge in [0.15, 0.2) is 10.7 Å². The molecule has 0 saturated heterocycles. The van der Waals surface area contributed by atoms with Gasteiger partial charge in [0.1, 0.15) is 0 Å². The van der Waals surface area contributed by atoms with Crippen molar-refractivity contribution < 1.29 is 4.79 Å². The highest BCUT2D eigenvalue weighted by Gasteiger charge is 2.55. The molecular weight excluding hydrogens is 496 g/mol. The maximum atomic E-state index is 14.8. The molecule has 0 bridgehead atoms. The van der Waals surface area contributed by atoms with Crippen LogP contribution < -0.4 is 0 Å². The van der Waals surface area contributed by atoms with E-state index in [2.05, 4.69) is 30.3 Å². The topological polar surface area (TPSA) is 32.7 Å². The number of carbonyl (C=O) groups excluding carboxylic acids is 1. The van der Waals surface area contributed by atoms with Crippen molar-refractivity contribution in [1.29, 1.82) is 0 Å². The molecule has 5 aromatic carbocycles. The molecule has 5 heteroatoms. The molecule has 0 radical (unpaired) electrons. The van der Waals surface area contributed by atoms with Gasteiger partial charge in [-0.05, 0) is 45.7 Å². The molecule has 178 valence electrons. The quantitative estimate of drug-likeness (QED) is 0.245. The average Bonchev–Trinajstić information content (AvgIpc) is 3.26. The number of nitrogens with zero attached hydrogens (tertiary/aromatic N) is 2. The standard InChI is InChI=1S/C32H21ClN2OS/c33-25-18-15-22(16-19-25)29-28-26-14-8-7-9-21(26)17-20-27(28)37-31-34-32(30(36)35(29)31,23-10-3-1-4-11-23)24-12-5-2-6-13-24/h1-20,29H. The van der Waals surface area contributed by atoms with Gasteiger partial charge >= 0.3 is 0 Å². The first kappa shape index (κ1) is 22.3. The van der Waals surface area contributed by atoms with E-state index in [-0.39, 0.29) is 11.9 Å². The van der Waals surface area contributed by atoms with Crippen LogP contribution in [0.4, 0.5) is 0 Å². The van der Waals surface area contributed by atoms with Crippen molar-refractivity contribution in [3.63, 3.8) is 0 Å². The lowest BCUT2D eigenvalue weighted by molar-refractivity contribution is -0.131. The van der Waals surface area contributed by atoms with Crippen molar-refractivity contribution in [1.82, 2.24) is 4.90 Å². The van der Waals surface area contributed by atoms with E-state index in [0.29, 0.717) is 10.2 Å². The minimum absolute atomic E-state index is 0.0501. The maximum absolute atomic E-state index is 14.8. The fourth-order valence-electron chi connectivity index (χ4n) is 5.54. The first-order chi connectivity index (χ1) is 18.2. The van der Waals surface area contributed by atoms with Crippen molar-refractivity contribution >= 4 is 45.2 Å². The summed E-state index contributed by atoms with van der Waals surface area (Å²) in [6.07, 6.45) is 0. The zero-order valence-corrected chi connectivity index (χ0v) is 21.3. The van der Waals surface area contributed by atoms with Gasteiger partial charge in [0.25, 0.3) is 5.91 Å². The molecule has 0 aliphatic carbocycles. The Morgan fingerprint density at radius 1 is 0.730 bits per heavy atom. The van der Waals surface area contributed by atoms with Crippen molar-refractivity contribution in [3.05, 3.63) is 149 Å². The highest BCUT2D eigenvalue weighted by atomic mass is 35.5. The summed E-state index contributed by atoms with van der Waals surface area (Å²) in [4.78, 5) is 23.1. The minimum Gasteiger partial charge on any atom is -0.277 e. The Kier molecular flexibility index (Phi) is 5.20. The fourth-order valence-corrected chi connectivity index (χ4v) is 6.80. The monoisotopic (exact) mass is 516 g/mol. The summed E-state index contributed by atoms with van der Waals surface area (Å²) in [6.45, 7) is 0. The molecule has 0 N–H and O–H groups in total. The van der Waals surface area contributed by atoms with Crippen LogP contribution in [-0.4, -0.2) is 16.0 Å². The van der Waals surface area contributed by atoms with Gasteiger partial charge < -0.3 is 0 Å². The molecule has 1 atom stereocenters. The zero-order chi connectivity index (χ0) is 25.0. The smallest absolute Gasteiger partial charge is 0.266 e. The summed E-state index contributed by atoms with van der Waals surface area (Å²) in [7, 11) is 0. The summed E-state index contributed by atoms with van der Waals surface area (Å²) in [5, 5.41) is 3.65. The summed E-state index contributed by atoms with van der Waals surface area (Å²) < 4.78 is 0. The number of hydrogen-bond donors (Lipinski definition) is 0. The Hall–Kier alpha value is -3.86. The molecule has 0 spiro atoms. The molecule has 3 nitrogen and oxygen atoms in total. The number of fused-ring (bicyclic) bond motifs is 4. The van der Waals surface area contributed by atoms with E-state index in [1.54, 1.807) is 11.8 Å². The van der Waals surface area contributed by atoms with Crippen LogP contribution in [0.15, 0.2) is 131 Å². The van der Waals surface area contributed by atoms with Crippen LogP contribution in [0.2, 0.25) is 5.02 Å². The highest BCUT2D eigenvalue weighted by molar-refractivity contribution is 8.14. The van der Waals surface area contributed by atoms with Crippen LogP contribution in [0, 0.1) is 0 Å². The molecule has 2 aliphatic rings. The van der Waals surface area contributed by atoms with Crippen LogP contribution in [0.1, 0.15) is 28.3 Å². The van der Waals surface area contributed by atoms with Gasteiger partial charge in [-0.15, -0.1) is 0 Å². The summed E-state index contributed by atoms with van der Waals surface area (Å²) in [5.41, 5.74) is 2.68. The van der Waals surface area contributed by atoms with Crippen LogP contribution in [-0.2, 0) is 10.3 Å². The number of amidine groups is 1. The number of rotatable bonds is 3. The number of hydrogen-bond acceptors (Lipinski definition) is 3. The molecule has 1 unspecified atom stereocenters. The third-order valence-corrected chi connectivity index (χ3v) is 8.53. The molecule has 37 heavy (non-hydrogen) atoms. The third kappa shape index (κ3) is 3.37. The second-order valence-electron chi connectivity index (χ2n) is 9.27. The van der Waals surface area contributed by atoms with Gasteiger partial charge in [-0.2, -0.15) is 0 Å². The number of benzene rings is 5. The van der Waals surface area contributed by atoms with Crippen LogP contribution in [0.3, 0.4) is 0 Å². The third-order valence-electron chi connectivity index (χ3n) is 7.23. The predicted molar refractivity (Wildman–Crippen MR) is 151 cm³/mol.